The molecule has 0 radical (unpaired) electrons. The molecule has 8 heteroatoms. The first-order valence-corrected chi connectivity index (χ1v) is 10.3. The number of nitrogens with zero attached hydrogens (tertiary/aromatic N) is 2. The summed E-state index contributed by atoms with van der Waals surface area (Å²) in [5.41, 5.74) is 2.02. The molecule has 0 atom stereocenters. The number of halogens is 1. The van der Waals surface area contributed by atoms with E-state index < -0.39 is 0 Å². The molecule has 1 aromatic carbocycles. The molecular weight excluding hydrogens is 379 g/mol. The molecule has 28 heavy (non-hydrogen) atoms. The number of rotatable bonds is 5. The first kappa shape index (κ1) is 20.3. The van der Waals surface area contributed by atoms with Gasteiger partial charge < -0.3 is 15.5 Å². The fourth-order valence-electron chi connectivity index (χ4n) is 3.19. The molecule has 1 fully saturated rings. The van der Waals surface area contributed by atoms with E-state index in [4.69, 9.17) is 4.98 Å². The molecule has 6 nitrogen and oxygen atoms in total. The van der Waals surface area contributed by atoms with Crippen LogP contribution in [-0.4, -0.2) is 41.5 Å². The number of hydrogen-bond acceptors (Lipinski definition) is 4. The van der Waals surface area contributed by atoms with E-state index in [-0.39, 0.29) is 17.8 Å². The number of hydrogen-bond donors (Lipinski definition) is 2. The van der Waals surface area contributed by atoms with Gasteiger partial charge in [-0.05, 0) is 37.5 Å². The van der Waals surface area contributed by atoms with Gasteiger partial charge in [-0.2, -0.15) is 0 Å². The van der Waals surface area contributed by atoms with Gasteiger partial charge in [0.1, 0.15) is 5.82 Å². The van der Waals surface area contributed by atoms with E-state index in [2.05, 4.69) is 10.6 Å². The molecule has 1 aliphatic rings. The third-order valence-electron chi connectivity index (χ3n) is 4.88. The summed E-state index contributed by atoms with van der Waals surface area (Å²) in [5.74, 6) is -0.00977. The van der Waals surface area contributed by atoms with Crippen molar-refractivity contribution in [3.8, 4) is 0 Å². The summed E-state index contributed by atoms with van der Waals surface area (Å²) in [4.78, 5) is 29.8. The maximum absolute atomic E-state index is 13.6. The monoisotopic (exact) mass is 404 g/mol. The Morgan fingerprint density at radius 3 is 2.75 bits per heavy atom. The summed E-state index contributed by atoms with van der Waals surface area (Å²) >= 11 is 1.65. The van der Waals surface area contributed by atoms with E-state index in [1.807, 2.05) is 5.38 Å². The second-order valence-electron chi connectivity index (χ2n) is 7.07. The Bertz CT molecular complexity index is 846. The largest absolute Gasteiger partial charge is 0.356 e. The summed E-state index contributed by atoms with van der Waals surface area (Å²) in [6, 6.07) is 4.51. The van der Waals surface area contributed by atoms with Crippen molar-refractivity contribution in [1.82, 2.24) is 15.2 Å². The normalized spacial score (nSPS) is 14.8. The number of urea groups is 1. The van der Waals surface area contributed by atoms with Crippen molar-refractivity contribution < 1.29 is 14.0 Å². The second-order valence-corrected chi connectivity index (χ2v) is 7.96. The lowest BCUT2D eigenvalue weighted by molar-refractivity contribution is -0.118. The Balaban J connectivity index is 1.48. The molecule has 0 unspecified atom stereocenters. The third-order valence-corrected chi connectivity index (χ3v) is 5.94. The maximum atomic E-state index is 13.6. The maximum Gasteiger partial charge on any atom is 0.321 e. The summed E-state index contributed by atoms with van der Waals surface area (Å²) < 4.78 is 13.6. The number of nitrogens with one attached hydrogen (secondary N) is 2. The highest BCUT2D eigenvalue weighted by Crippen LogP contribution is 2.30. The van der Waals surface area contributed by atoms with Gasteiger partial charge >= 0.3 is 6.03 Å². The molecule has 1 aliphatic heterocycles. The zero-order chi connectivity index (χ0) is 20.1. The highest BCUT2D eigenvalue weighted by Gasteiger charge is 2.25. The number of piperidine rings is 1. The summed E-state index contributed by atoms with van der Waals surface area (Å²) in [5, 5.41) is 8.69. The fraction of sp³-hybridized carbons (Fsp3) is 0.450. The van der Waals surface area contributed by atoms with Crippen LogP contribution in [0.3, 0.4) is 0 Å². The molecular formula is C20H25FN4O2S. The topological polar surface area (TPSA) is 74.3 Å². The van der Waals surface area contributed by atoms with Crippen LogP contribution in [0.2, 0.25) is 0 Å². The van der Waals surface area contributed by atoms with Crippen LogP contribution in [0, 0.1) is 12.7 Å². The van der Waals surface area contributed by atoms with Crippen LogP contribution >= 0.6 is 11.3 Å². The lowest BCUT2D eigenvalue weighted by Crippen LogP contribution is -2.40. The van der Waals surface area contributed by atoms with Gasteiger partial charge in [-0.15, -0.1) is 11.3 Å². The Morgan fingerprint density at radius 1 is 1.32 bits per heavy atom. The van der Waals surface area contributed by atoms with Crippen LogP contribution < -0.4 is 10.6 Å². The molecule has 0 aliphatic carbocycles. The Morgan fingerprint density at radius 2 is 2.07 bits per heavy atom. The van der Waals surface area contributed by atoms with Crippen LogP contribution in [0.4, 0.5) is 14.9 Å². The number of carbonyl (C=O) groups is 2. The van der Waals surface area contributed by atoms with Crippen molar-refractivity contribution in [2.45, 2.75) is 39.0 Å². The second kappa shape index (κ2) is 9.14. The van der Waals surface area contributed by atoms with Gasteiger partial charge in [-0.3, -0.25) is 4.79 Å². The molecule has 2 N–H and O–H groups in total. The van der Waals surface area contributed by atoms with Crippen LogP contribution in [0.25, 0.3) is 0 Å². The van der Waals surface area contributed by atoms with Crippen molar-refractivity contribution in [3.63, 3.8) is 0 Å². The number of anilines is 1. The molecule has 1 saturated heterocycles. The van der Waals surface area contributed by atoms with Gasteiger partial charge in [0.15, 0.2) is 0 Å². The first-order valence-electron chi connectivity index (χ1n) is 9.43. The van der Waals surface area contributed by atoms with Gasteiger partial charge in [0.05, 0.1) is 10.7 Å². The summed E-state index contributed by atoms with van der Waals surface area (Å²) in [6.45, 7) is 5.08. The molecule has 1 aromatic heterocycles. The predicted molar refractivity (Wildman–Crippen MR) is 108 cm³/mol. The minimum absolute atomic E-state index is 0.0329. The lowest BCUT2D eigenvalue weighted by Gasteiger charge is -2.31. The van der Waals surface area contributed by atoms with Crippen molar-refractivity contribution in [1.29, 1.82) is 0 Å². The number of likely N-dealkylation sites (tertiary alicyclic amines) is 1. The van der Waals surface area contributed by atoms with Crippen LogP contribution in [0.5, 0.6) is 0 Å². The number of aryl methyl sites for hydroxylation is 1. The predicted octanol–water partition coefficient (Wildman–Crippen LogP) is 3.68. The standard InChI is InChI=1S/C20H25FN4O2S/c1-13-3-4-16(11-18(13)21)24-20(27)25-9-6-15(7-10-25)19-23-17(12-28-19)5-8-22-14(2)26/h3-4,11-12,15H,5-10H2,1-2H3,(H,22,26)(H,24,27). The summed E-state index contributed by atoms with van der Waals surface area (Å²) in [6.07, 6.45) is 2.44. The van der Waals surface area contributed by atoms with E-state index in [1.54, 1.807) is 35.3 Å². The van der Waals surface area contributed by atoms with Gasteiger partial charge in [-0.1, -0.05) is 6.07 Å². The first-order chi connectivity index (χ1) is 13.4. The van der Waals surface area contributed by atoms with E-state index in [0.29, 0.717) is 36.8 Å². The van der Waals surface area contributed by atoms with Crippen LogP contribution in [0.1, 0.15) is 41.9 Å². The Kier molecular flexibility index (Phi) is 6.61. The number of aromatic nitrogens is 1. The average molecular weight is 405 g/mol. The van der Waals surface area contributed by atoms with Crippen LogP contribution in [-0.2, 0) is 11.2 Å². The highest BCUT2D eigenvalue weighted by molar-refractivity contribution is 7.09. The Hall–Kier alpha value is -2.48. The zero-order valence-corrected chi connectivity index (χ0v) is 16.9. The molecule has 150 valence electrons. The number of amides is 3. The van der Waals surface area contributed by atoms with E-state index in [1.165, 1.54) is 13.0 Å². The highest BCUT2D eigenvalue weighted by atomic mass is 32.1. The SMILES string of the molecule is CC(=O)NCCc1csc(C2CCN(C(=O)Nc3ccc(C)c(F)c3)CC2)n1. The van der Waals surface area contributed by atoms with Crippen molar-refractivity contribution in [2.75, 3.05) is 25.0 Å². The van der Waals surface area contributed by atoms with Crippen LogP contribution in [0.15, 0.2) is 23.6 Å². The smallest absolute Gasteiger partial charge is 0.321 e. The molecule has 3 rings (SSSR count). The minimum Gasteiger partial charge on any atom is -0.356 e. The van der Waals surface area contributed by atoms with Gasteiger partial charge in [0, 0.05) is 50.0 Å². The van der Waals surface area contributed by atoms with E-state index in [9.17, 15) is 14.0 Å². The van der Waals surface area contributed by atoms with Gasteiger partial charge in [-0.25, -0.2) is 14.2 Å². The average Bonchev–Trinajstić information content (AvgIpc) is 3.13. The summed E-state index contributed by atoms with van der Waals surface area (Å²) in [7, 11) is 0. The molecule has 3 amide bonds. The molecule has 0 spiro atoms. The number of thiazole rings is 1. The third kappa shape index (κ3) is 5.28. The van der Waals surface area contributed by atoms with Crippen molar-refractivity contribution >= 4 is 29.0 Å². The molecule has 0 saturated carbocycles. The van der Waals surface area contributed by atoms with Crippen molar-refractivity contribution in [3.05, 3.63) is 45.7 Å². The van der Waals surface area contributed by atoms with E-state index >= 15 is 0 Å². The lowest BCUT2D eigenvalue weighted by atomic mass is 9.98. The number of benzene rings is 1. The fourth-order valence-corrected chi connectivity index (χ4v) is 4.22. The van der Waals surface area contributed by atoms with Gasteiger partial charge in [0.25, 0.3) is 0 Å². The van der Waals surface area contributed by atoms with Gasteiger partial charge in [0.2, 0.25) is 5.91 Å². The molecule has 2 heterocycles. The Labute approximate surface area is 168 Å². The van der Waals surface area contributed by atoms with Crippen molar-refractivity contribution in [2.24, 2.45) is 0 Å². The molecule has 0 bridgehead atoms. The quantitative estimate of drug-likeness (QED) is 0.798. The van der Waals surface area contributed by atoms with E-state index in [0.717, 1.165) is 30.0 Å². The minimum atomic E-state index is -0.324. The molecule has 2 aromatic rings. The zero-order valence-electron chi connectivity index (χ0n) is 16.1. The number of carbonyl (C=O) groups excluding carboxylic acids is 2.